The molecule has 0 saturated heterocycles. The van der Waals surface area contributed by atoms with Gasteiger partial charge in [-0.25, -0.2) is 18.6 Å². The zero-order chi connectivity index (χ0) is 61.6. The van der Waals surface area contributed by atoms with E-state index in [1.54, 1.807) is 109 Å². The van der Waals surface area contributed by atoms with E-state index in [4.69, 9.17) is 52.2 Å². The average molecular weight is 1440 g/mol. The van der Waals surface area contributed by atoms with Crippen molar-refractivity contribution in [3.05, 3.63) is 143 Å². The van der Waals surface area contributed by atoms with E-state index in [0.29, 0.717) is 33.4 Å². The molecule has 0 amide bonds. The number of aliphatic hydroxyl groups is 1. The molecule has 6 rings (SSSR count). The Morgan fingerprint density at radius 2 is 0.477 bits per heavy atom. The van der Waals surface area contributed by atoms with Gasteiger partial charge in [0.2, 0.25) is 0 Å². The Morgan fingerprint density at radius 3 is 0.593 bits per heavy atom. The van der Waals surface area contributed by atoms with Gasteiger partial charge in [-0.3, -0.25) is 30.0 Å². The zero-order valence-electron chi connectivity index (χ0n) is 48.2. The van der Waals surface area contributed by atoms with E-state index in [0.717, 1.165) is 7.11 Å². The summed E-state index contributed by atoms with van der Waals surface area (Å²) in [5.41, 5.74) is 1.23. The van der Waals surface area contributed by atoms with E-state index >= 15 is 0 Å². The van der Waals surface area contributed by atoms with Crippen molar-refractivity contribution in [2.24, 2.45) is 40.8 Å². The minimum Gasteiger partial charge on any atom is -0.870 e. The van der Waals surface area contributed by atoms with Gasteiger partial charge >= 0.3 is 34.1 Å². The van der Waals surface area contributed by atoms with Crippen molar-refractivity contribution in [2.75, 3.05) is 89.0 Å². The second-order valence-electron chi connectivity index (χ2n) is 18.1. The number of aliphatic hydroxyl groups excluding tert-OH is 1. The zero-order valence-corrected chi connectivity index (χ0v) is 53.3. The number of benzene rings is 6. The first kappa shape index (κ1) is 79.4. The van der Waals surface area contributed by atoms with Gasteiger partial charge in [0.1, 0.15) is 34.5 Å². The molecule has 0 spiro atoms. The average Bonchev–Trinajstić information content (AvgIpc) is 3.55. The minimum absolute atomic E-state index is 0. The van der Waals surface area contributed by atoms with Crippen LogP contribution in [0.2, 0.25) is 0 Å². The standard InChI is InChI=1S/2C29H33N3O6.CH4O.ClHO4.2Fe.Tb/c2*1-29(17-30-14-20-8-5-11-23(36-2)26(20)33,18-31-15-21-9-6-12-24(37-3)27(21)34)19-32-16-22-10-7-13-25(38-4)28(22)35;1-2;2-1(3,4)5;;;/h2*5-16,33-35H,17-19H2,1-4H3;2H,1H3;(H,2,3,4,5);;;/q;;;;+2;+3;/p-7. The molecule has 86 heavy (non-hydrogen) atoms. The predicted octanol–water partition coefficient (Wildman–Crippen LogP) is 0.0407. The number of hydrogen-bond acceptors (Lipinski definition) is 23. The maximum absolute atomic E-state index is 12.4. The van der Waals surface area contributed by atoms with Gasteiger partial charge < -0.3 is 64.2 Å². The molecule has 23 nitrogen and oxygen atoms in total. The van der Waals surface area contributed by atoms with Crippen LogP contribution in [0.4, 0.5) is 0 Å². The molecule has 0 aliphatic rings. The van der Waals surface area contributed by atoms with Gasteiger partial charge in [-0.2, -0.15) is 0 Å². The summed E-state index contributed by atoms with van der Waals surface area (Å²) in [4.78, 5) is 27.0. The normalized spacial score (nSPS) is 12.5. The van der Waals surface area contributed by atoms with Crippen molar-refractivity contribution in [1.29, 1.82) is 0 Å². The molecular formula is C59H64ClFe2N6O17Tb-2. The molecule has 27 heteroatoms. The number of halogens is 1. The van der Waals surface area contributed by atoms with Crippen molar-refractivity contribution < 1.29 is 166 Å². The molecule has 0 atom stereocenters. The second kappa shape index (κ2) is 40.7. The van der Waals surface area contributed by atoms with Crippen LogP contribution in [0, 0.1) is 59.7 Å². The Bertz CT molecular complexity index is 2660. The molecule has 0 fully saturated rings. The number of aliphatic imine (C=N–C) groups is 6. The summed E-state index contributed by atoms with van der Waals surface area (Å²) in [7, 11) is 4.70. The van der Waals surface area contributed by atoms with Crippen LogP contribution in [-0.2, 0) is 34.1 Å². The Labute approximate surface area is 554 Å². The van der Waals surface area contributed by atoms with Crippen LogP contribution >= 0.6 is 0 Å². The number of ether oxygens (including phenoxy) is 6. The fraction of sp³-hybridized carbons (Fsp3) is 0.288. The number of nitrogens with zero attached hydrogens (tertiary/aromatic N) is 6. The first-order valence-electron chi connectivity index (χ1n) is 24.7. The molecular weight excluding hydrogens is 1370 g/mol. The van der Waals surface area contributed by atoms with E-state index in [-0.39, 0.29) is 181 Å². The third kappa shape index (κ3) is 26.1. The molecule has 0 aliphatic carbocycles. The molecule has 6 aromatic carbocycles. The number of para-hydroxylation sites is 6. The summed E-state index contributed by atoms with van der Waals surface area (Å²) in [5, 5.41) is 81.6. The van der Waals surface area contributed by atoms with Gasteiger partial charge in [-0.15, -0.1) is 10.2 Å². The Balaban J connectivity index is 0.00000147. The molecule has 0 bridgehead atoms. The Hall–Kier alpha value is -6.65. The molecule has 0 aromatic heterocycles. The summed E-state index contributed by atoms with van der Waals surface area (Å²) in [5.74, 6) is -0.0677. The monoisotopic (exact) mass is 1430 g/mol. The van der Waals surface area contributed by atoms with Crippen molar-refractivity contribution in [2.45, 2.75) is 13.8 Å². The van der Waals surface area contributed by atoms with E-state index in [1.165, 1.54) is 79.9 Å². The molecule has 0 aliphatic heterocycles. The van der Waals surface area contributed by atoms with Crippen molar-refractivity contribution in [1.82, 2.24) is 0 Å². The quantitative estimate of drug-likeness (QED) is 0.0617. The van der Waals surface area contributed by atoms with Gasteiger partial charge in [-0.1, -0.05) is 121 Å². The Kier molecular flexibility index (Phi) is 37.5. The van der Waals surface area contributed by atoms with Crippen LogP contribution < -0.4 is 77.7 Å². The maximum atomic E-state index is 12.4. The summed E-state index contributed by atoms with van der Waals surface area (Å²) in [6.45, 7) is 5.57. The molecule has 0 unspecified atom stereocenters. The third-order valence-electron chi connectivity index (χ3n) is 11.6. The van der Waals surface area contributed by atoms with Gasteiger partial charge in [0, 0.05) is 133 Å². The van der Waals surface area contributed by atoms with Crippen molar-refractivity contribution in [3.63, 3.8) is 0 Å². The van der Waals surface area contributed by atoms with Gasteiger partial charge in [-0.05, 0) is 69.8 Å². The van der Waals surface area contributed by atoms with Crippen molar-refractivity contribution >= 4 is 37.3 Å². The van der Waals surface area contributed by atoms with Gasteiger partial charge in [0.25, 0.3) is 0 Å². The van der Waals surface area contributed by atoms with Crippen molar-refractivity contribution in [3.8, 4) is 69.0 Å². The molecule has 1 N–H and O–H groups in total. The van der Waals surface area contributed by atoms with E-state index in [1.807, 2.05) is 13.8 Å². The molecule has 6 aromatic rings. The van der Waals surface area contributed by atoms with Crippen LogP contribution in [0.15, 0.2) is 139 Å². The first-order chi connectivity index (χ1) is 39.6. The largest absolute Gasteiger partial charge is 3.00 e. The topological polar surface area (TPSA) is 380 Å². The van der Waals surface area contributed by atoms with E-state index in [2.05, 4.69) is 30.0 Å². The third-order valence-corrected chi connectivity index (χ3v) is 11.6. The van der Waals surface area contributed by atoms with Crippen LogP contribution in [0.5, 0.6) is 69.0 Å². The Morgan fingerprint density at radius 1 is 0.349 bits per heavy atom. The van der Waals surface area contributed by atoms with E-state index < -0.39 is 21.1 Å². The smallest absolute Gasteiger partial charge is 0.870 e. The summed E-state index contributed by atoms with van der Waals surface area (Å²) in [6, 6.07) is 29.9. The van der Waals surface area contributed by atoms with Crippen LogP contribution in [0.25, 0.3) is 0 Å². The number of hydrogen-bond donors (Lipinski definition) is 1. The fourth-order valence-electron chi connectivity index (χ4n) is 7.26. The SMILES string of the molecule is CO.COc1cccc(C=NCC(C)(CN=Cc2cccc(OC)c2[O-])CN=Cc2cccc(OC)c2[O-])c1[O-].COc1cccc(C=NCC(C)(CN=Cc2cccc(OC)c2[O-])CN=Cc2cccc(OC)c2[O-])c1[O-].[Fe+2].[Fe+3].[O-][Cl+3]([O-])([O-])[O-].[Tb]. The minimum atomic E-state index is -4.94. The van der Waals surface area contributed by atoms with E-state index in [9.17, 15) is 30.6 Å². The number of rotatable bonds is 24. The van der Waals surface area contributed by atoms with Crippen LogP contribution in [-0.4, -0.2) is 131 Å². The molecule has 0 saturated carbocycles. The summed E-state index contributed by atoms with van der Waals surface area (Å²) in [6.07, 6.45) is 9.04. The summed E-state index contributed by atoms with van der Waals surface area (Å²) < 4.78 is 64.5. The first-order valence-corrected chi connectivity index (χ1v) is 26.0. The summed E-state index contributed by atoms with van der Waals surface area (Å²) >= 11 is 0. The van der Waals surface area contributed by atoms with Gasteiger partial charge in [0.15, 0.2) is 0 Å². The number of methoxy groups -OCH3 is 6. The second-order valence-corrected chi connectivity index (χ2v) is 18.8. The van der Waals surface area contributed by atoms with Gasteiger partial charge in [0.05, 0.1) is 42.7 Å². The molecule has 2 radical (unpaired) electrons. The maximum Gasteiger partial charge on any atom is 3.00 e. The van der Waals surface area contributed by atoms with Crippen LogP contribution in [0.1, 0.15) is 47.2 Å². The van der Waals surface area contributed by atoms with Crippen LogP contribution in [0.3, 0.4) is 0 Å². The molecule has 0 heterocycles. The molecule has 466 valence electrons. The fourth-order valence-corrected chi connectivity index (χ4v) is 7.26. The predicted molar refractivity (Wildman–Crippen MR) is 294 cm³/mol.